The monoisotopic (exact) mass is 375 g/mol. The Bertz CT molecular complexity index is 706. The van der Waals surface area contributed by atoms with Crippen LogP contribution in [0.25, 0.3) is 0 Å². The molecule has 0 spiro atoms. The van der Waals surface area contributed by atoms with Gasteiger partial charge in [-0.2, -0.15) is 4.57 Å². The molecule has 0 aromatic carbocycles. The van der Waals surface area contributed by atoms with Gasteiger partial charge in [-0.3, -0.25) is 0 Å². The molecule has 2 aromatic heterocycles. The molecule has 2 rings (SSSR count). The molecule has 0 fully saturated rings. The molecular weight excluding hydrogens is 359 g/mol. The Morgan fingerprint density at radius 3 is 2.87 bits per heavy atom. The highest BCUT2D eigenvalue weighted by Gasteiger charge is 2.19. The molecule has 2 aromatic rings. The van der Waals surface area contributed by atoms with Crippen LogP contribution in [0.5, 0.6) is 0 Å². The number of carbonyl (C=O) groups excluding carboxylic acids is 1. The molecule has 124 valence electrons. The summed E-state index contributed by atoms with van der Waals surface area (Å²) in [7, 11) is 0. The van der Waals surface area contributed by atoms with Gasteiger partial charge in [0.25, 0.3) is 0 Å². The number of hydrogen-bond donors (Lipinski definition) is 1. The maximum Gasteiger partial charge on any atom is 0.339 e. The Kier molecular flexibility index (Phi) is 6.15. The molecule has 2 heterocycles. The molecule has 0 bridgehead atoms. The summed E-state index contributed by atoms with van der Waals surface area (Å²) in [5.74, 6) is 0.513. The largest absolute Gasteiger partial charge is 0.463 e. The molecule has 0 atom stereocenters. The number of nitrogens with zero attached hydrogens (tertiary/aromatic N) is 3. The number of aromatic nitrogens is 3. The zero-order valence-corrected chi connectivity index (χ0v) is 15.1. The number of aryl methyl sites for hydroxylation is 1. The van der Waals surface area contributed by atoms with Crippen LogP contribution in [0.2, 0.25) is 0 Å². The number of esters is 1. The molecule has 0 saturated carbocycles. The highest BCUT2D eigenvalue weighted by Crippen LogP contribution is 2.14. The lowest BCUT2D eigenvalue weighted by atomic mass is 10.2. The number of thiazole rings is 1. The van der Waals surface area contributed by atoms with Gasteiger partial charge in [-0.25, -0.2) is 14.8 Å². The number of hydrogen-bond acceptors (Lipinski definition) is 6. The normalized spacial score (nSPS) is 11.0. The van der Waals surface area contributed by atoms with Gasteiger partial charge in [-0.15, -0.1) is 0 Å². The smallest absolute Gasteiger partial charge is 0.339 e. The number of alkyl halides is 2. The highest BCUT2D eigenvalue weighted by molar-refractivity contribution is 7.09. The van der Waals surface area contributed by atoms with Crippen LogP contribution in [-0.4, -0.2) is 27.4 Å². The number of nitrogens with two attached hydrogens (primary N) is 1. The van der Waals surface area contributed by atoms with E-state index in [1.54, 1.807) is 24.5 Å². The molecule has 0 aliphatic heterocycles. The second kappa shape index (κ2) is 7.90. The summed E-state index contributed by atoms with van der Waals surface area (Å²) in [5.41, 5.74) is 9.87. The van der Waals surface area contributed by atoms with E-state index >= 15 is 0 Å². The summed E-state index contributed by atoms with van der Waals surface area (Å²) in [6.45, 7) is 4.64. The third kappa shape index (κ3) is 4.76. The van der Waals surface area contributed by atoms with Crippen molar-refractivity contribution in [3.8, 4) is 0 Å². The van der Waals surface area contributed by atoms with Crippen molar-refractivity contribution in [1.29, 1.82) is 0 Å². The van der Waals surface area contributed by atoms with E-state index in [1.165, 1.54) is 0 Å². The molecule has 23 heavy (non-hydrogen) atoms. The van der Waals surface area contributed by atoms with E-state index in [0.29, 0.717) is 24.6 Å². The maximum atomic E-state index is 11.2. The van der Waals surface area contributed by atoms with Gasteiger partial charge >= 0.3 is 5.97 Å². The number of halogens is 2. The molecule has 2 N–H and O–H groups in total. The van der Waals surface area contributed by atoms with E-state index in [-0.39, 0.29) is 6.61 Å². The van der Waals surface area contributed by atoms with Crippen molar-refractivity contribution in [1.82, 2.24) is 9.97 Å². The predicted molar refractivity (Wildman–Crippen MR) is 89.7 cm³/mol. The molecule has 0 amide bonds. The van der Waals surface area contributed by atoms with Crippen LogP contribution in [-0.2, 0) is 22.5 Å². The zero-order valence-electron chi connectivity index (χ0n) is 12.8. The Hall–Kier alpha value is -1.44. The van der Waals surface area contributed by atoms with E-state index in [9.17, 15) is 4.79 Å². The summed E-state index contributed by atoms with van der Waals surface area (Å²) >= 11 is 12.4. The molecule has 0 radical (unpaired) electrons. The minimum absolute atomic E-state index is 0.242. The van der Waals surface area contributed by atoms with Gasteiger partial charge in [-0.05, 0) is 6.92 Å². The van der Waals surface area contributed by atoms with Crippen molar-refractivity contribution in [2.24, 2.45) is 0 Å². The van der Waals surface area contributed by atoms with Crippen molar-refractivity contribution >= 4 is 46.3 Å². The number of rotatable bonds is 6. The fourth-order valence-electron chi connectivity index (χ4n) is 1.97. The highest BCUT2D eigenvalue weighted by atomic mass is 35.5. The van der Waals surface area contributed by atoms with Gasteiger partial charge < -0.3 is 10.5 Å². The quantitative estimate of drug-likeness (QED) is 0.474. The maximum absolute atomic E-state index is 11.2. The standard InChI is InChI=1S/C14H17Cl2N4O2S/c1-8-11(3-4-22-14(21)12(15)16)23-7-20(8)6-10-5-18-9(2)19-13(10)17/h5,7,12H,3-4,6H2,1-2H3,(H2,17,18,19)/q+1. The van der Waals surface area contributed by atoms with Gasteiger partial charge in [0, 0.05) is 19.5 Å². The number of nitrogen functional groups attached to an aromatic ring is 1. The van der Waals surface area contributed by atoms with Crippen LogP contribution in [0.3, 0.4) is 0 Å². The summed E-state index contributed by atoms with van der Waals surface area (Å²) < 4.78 is 7.04. The van der Waals surface area contributed by atoms with Gasteiger partial charge in [0.15, 0.2) is 12.2 Å². The van der Waals surface area contributed by atoms with Gasteiger partial charge in [-0.1, -0.05) is 34.5 Å². The van der Waals surface area contributed by atoms with E-state index in [1.807, 2.05) is 12.4 Å². The van der Waals surface area contributed by atoms with E-state index < -0.39 is 10.8 Å². The molecule has 0 saturated heterocycles. The minimum Gasteiger partial charge on any atom is -0.463 e. The Morgan fingerprint density at radius 1 is 1.48 bits per heavy atom. The lowest BCUT2D eigenvalue weighted by Crippen LogP contribution is -2.35. The van der Waals surface area contributed by atoms with Gasteiger partial charge in [0.05, 0.1) is 17.0 Å². The Morgan fingerprint density at radius 2 is 2.22 bits per heavy atom. The summed E-state index contributed by atoms with van der Waals surface area (Å²) in [6, 6.07) is 0. The van der Waals surface area contributed by atoms with Crippen LogP contribution >= 0.6 is 34.5 Å². The van der Waals surface area contributed by atoms with Crippen LogP contribution in [0.15, 0.2) is 11.7 Å². The molecule has 0 aliphatic rings. The Labute approximate surface area is 148 Å². The summed E-state index contributed by atoms with van der Waals surface area (Å²) in [5, 5.41) is 0. The van der Waals surface area contributed by atoms with Crippen molar-refractivity contribution in [3.63, 3.8) is 0 Å². The van der Waals surface area contributed by atoms with Crippen LogP contribution in [0.1, 0.15) is 22.0 Å². The van der Waals surface area contributed by atoms with E-state index in [4.69, 9.17) is 33.7 Å². The first-order valence-corrected chi connectivity index (χ1v) is 8.63. The lowest BCUT2D eigenvalue weighted by molar-refractivity contribution is -0.689. The van der Waals surface area contributed by atoms with Crippen LogP contribution < -0.4 is 10.3 Å². The van der Waals surface area contributed by atoms with E-state index in [0.717, 1.165) is 16.1 Å². The van der Waals surface area contributed by atoms with Crippen molar-refractivity contribution in [3.05, 3.63) is 33.7 Å². The topological polar surface area (TPSA) is 82.0 Å². The predicted octanol–water partition coefficient (Wildman–Crippen LogP) is 1.96. The molecule has 9 heteroatoms. The molecule has 6 nitrogen and oxygen atoms in total. The van der Waals surface area contributed by atoms with E-state index in [2.05, 4.69) is 14.5 Å². The molecule has 0 aliphatic carbocycles. The second-order valence-corrected chi connectivity index (χ2v) is 6.94. The van der Waals surface area contributed by atoms with Crippen molar-refractivity contribution in [2.45, 2.75) is 31.6 Å². The number of anilines is 1. The third-order valence-corrected chi connectivity index (χ3v) is 4.77. The lowest BCUT2D eigenvalue weighted by Gasteiger charge is -2.04. The first kappa shape index (κ1) is 17.9. The third-order valence-electron chi connectivity index (χ3n) is 3.27. The molecule has 0 unspecified atom stereocenters. The van der Waals surface area contributed by atoms with Crippen molar-refractivity contribution in [2.75, 3.05) is 12.3 Å². The number of carbonyl (C=O) groups is 1. The van der Waals surface area contributed by atoms with Crippen LogP contribution in [0, 0.1) is 13.8 Å². The van der Waals surface area contributed by atoms with Crippen LogP contribution in [0.4, 0.5) is 5.82 Å². The fraction of sp³-hybridized carbons (Fsp3) is 0.429. The summed E-state index contributed by atoms with van der Waals surface area (Å²) in [4.78, 5) is 19.5. The zero-order chi connectivity index (χ0) is 17.0. The van der Waals surface area contributed by atoms with Gasteiger partial charge in [0.1, 0.15) is 11.6 Å². The van der Waals surface area contributed by atoms with Crippen molar-refractivity contribution < 1.29 is 14.1 Å². The van der Waals surface area contributed by atoms with Gasteiger partial charge in [0.2, 0.25) is 10.3 Å². The Balaban J connectivity index is 2.00. The summed E-state index contributed by atoms with van der Waals surface area (Å²) in [6.07, 6.45) is 2.35. The SMILES string of the molecule is Cc1ncc(C[n+]2csc(CCOC(=O)C(Cl)Cl)c2C)c(N)n1. The first-order chi connectivity index (χ1) is 10.9. The minimum atomic E-state index is -1.14. The number of ether oxygens (including phenoxy) is 1. The molecular formula is C14H17Cl2N4O2S+. The fourth-order valence-corrected chi connectivity index (χ4v) is 3.07. The second-order valence-electron chi connectivity index (χ2n) is 4.91. The average Bonchev–Trinajstić information content (AvgIpc) is 2.83. The first-order valence-electron chi connectivity index (χ1n) is 6.87. The average molecular weight is 376 g/mol.